The molecule has 0 N–H and O–H groups in total. The summed E-state index contributed by atoms with van der Waals surface area (Å²) in [6, 6.07) is 10.2. The molecule has 1 fully saturated rings. The van der Waals surface area contributed by atoms with Gasteiger partial charge in [0.25, 0.3) is 0 Å². The highest BCUT2D eigenvalue weighted by atomic mass is 16.6. The van der Waals surface area contributed by atoms with Gasteiger partial charge in [-0.05, 0) is 12.0 Å². The quantitative estimate of drug-likeness (QED) is 0.513. The fraction of sp³-hybridized carbons (Fsp3) is 0.571. The maximum atomic E-state index is 5.54. The monoisotopic (exact) mass is 236 g/mol. The zero-order valence-electron chi connectivity index (χ0n) is 10.4. The minimum atomic E-state index is 0.0272. The Kier molecular flexibility index (Phi) is 4.54. The number of benzene rings is 1. The lowest BCUT2D eigenvalue weighted by Gasteiger charge is -2.10. The molecule has 1 aromatic carbocycles. The van der Waals surface area contributed by atoms with E-state index in [1.54, 1.807) is 0 Å². The fourth-order valence-electron chi connectivity index (χ4n) is 1.63. The summed E-state index contributed by atoms with van der Waals surface area (Å²) in [5.74, 6) is 0. The number of epoxide rings is 1. The summed E-state index contributed by atoms with van der Waals surface area (Å²) >= 11 is 0. The molecule has 1 heterocycles. The standard InChI is InChI=1S/C14H20O3/c1-2-14(12-17-14)11-16-9-8-15-10-13-6-4-3-5-7-13/h3-7H,2,8-12H2,1H3. The van der Waals surface area contributed by atoms with Gasteiger partial charge >= 0.3 is 0 Å². The van der Waals surface area contributed by atoms with Gasteiger partial charge in [0, 0.05) is 0 Å². The molecule has 0 saturated carbocycles. The van der Waals surface area contributed by atoms with Crippen LogP contribution in [0.25, 0.3) is 0 Å². The van der Waals surface area contributed by atoms with E-state index >= 15 is 0 Å². The third kappa shape index (κ3) is 4.11. The minimum absolute atomic E-state index is 0.0272. The van der Waals surface area contributed by atoms with Crippen LogP contribution in [-0.2, 0) is 20.8 Å². The van der Waals surface area contributed by atoms with Gasteiger partial charge in [0.15, 0.2) is 0 Å². The molecule has 1 aliphatic rings. The van der Waals surface area contributed by atoms with Gasteiger partial charge in [-0.15, -0.1) is 0 Å². The molecule has 17 heavy (non-hydrogen) atoms. The van der Waals surface area contributed by atoms with E-state index in [0.29, 0.717) is 26.4 Å². The van der Waals surface area contributed by atoms with Gasteiger partial charge in [0.2, 0.25) is 0 Å². The third-order valence-corrected chi connectivity index (χ3v) is 3.05. The van der Waals surface area contributed by atoms with Crippen molar-refractivity contribution < 1.29 is 14.2 Å². The van der Waals surface area contributed by atoms with E-state index in [1.807, 2.05) is 18.2 Å². The lowest BCUT2D eigenvalue weighted by atomic mass is 10.1. The first-order chi connectivity index (χ1) is 8.35. The molecule has 0 radical (unpaired) electrons. The number of hydrogen-bond acceptors (Lipinski definition) is 3. The summed E-state index contributed by atoms with van der Waals surface area (Å²) in [5.41, 5.74) is 1.22. The van der Waals surface area contributed by atoms with Gasteiger partial charge < -0.3 is 14.2 Å². The maximum Gasteiger partial charge on any atom is 0.115 e. The van der Waals surface area contributed by atoms with Crippen molar-refractivity contribution in [2.45, 2.75) is 25.6 Å². The first kappa shape index (κ1) is 12.6. The Hall–Kier alpha value is -0.900. The van der Waals surface area contributed by atoms with Crippen LogP contribution in [0, 0.1) is 0 Å². The summed E-state index contributed by atoms with van der Waals surface area (Å²) < 4.78 is 16.4. The van der Waals surface area contributed by atoms with Crippen LogP contribution < -0.4 is 0 Å². The molecule has 1 aliphatic heterocycles. The van der Waals surface area contributed by atoms with Crippen molar-refractivity contribution in [2.75, 3.05) is 26.4 Å². The molecule has 0 bridgehead atoms. The van der Waals surface area contributed by atoms with E-state index in [2.05, 4.69) is 19.1 Å². The van der Waals surface area contributed by atoms with Gasteiger partial charge in [-0.25, -0.2) is 0 Å². The Morgan fingerprint density at radius 2 is 1.88 bits per heavy atom. The molecule has 1 saturated heterocycles. The van der Waals surface area contributed by atoms with Crippen LogP contribution in [0.5, 0.6) is 0 Å². The summed E-state index contributed by atoms with van der Waals surface area (Å²) in [7, 11) is 0. The molecular formula is C14H20O3. The summed E-state index contributed by atoms with van der Waals surface area (Å²) in [6.45, 7) is 5.58. The zero-order chi connectivity index (χ0) is 12.0. The molecule has 0 spiro atoms. The Morgan fingerprint density at radius 3 is 2.53 bits per heavy atom. The van der Waals surface area contributed by atoms with Gasteiger partial charge in [0.1, 0.15) is 5.60 Å². The molecule has 0 aliphatic carbocycles. The second-order valence-corrected chi connectivity index (χ2v) is 4.42. The molecule has 1 aromatic rings. The molecule has 3 heteroatoms. The first-order valence-corrected chi connectivity index (χ1v) is 6.18. The first-order valence-electron chi connectivity index (χ1n) is 6.18. The Balaban J connectivity index is 1.50. The van der Waals surface area contributed by atoms with Crippen LogP contribution in [0.15, 0.2) is 30.3 Å². The van der Waals surface area contributed by atoms with Crippen molar-refractivity contribution in [3.05, 3.63) is 35.9 Å². The SMILES string of the molecule is CCC1(COCCOCc2ccccc2)CO1. The summed E-state index contributed by atoms with van der Waals surface area (Å²) in [5, 5.41) is 0. The average molecular weight is 236 g/mol. The van der Waals surface area contributed by atoms with Crippen LogP contribution in [0.1, 0.15) is 18.9 Å². The number of hydrogen-bond donors (Lipinski definition) is 0. The molecule has 0 aromatic heterocycles. The highest BCUT2D eigenvalue weighted by Crippen LogP contribution is 2.30. The predicted molar refractivity (Wildman–Crippen MR) is 65.9 cm³/mol. The van der Waals surface area contributed by atoms with E-state index in [9.17, 15) is 0 Å². The largest absolute Gasteiger partial charge is 0.376 e. The predicted octanol–water partition coefficient (Wildman–Crippen LogP) is 2.40. The third-order valence-electron chi connectivity index (χ3n) is 3.05. The Morgan fingerprint density at radius 1 is 1.18 bits per heavy atom. The van der Waals surface area contributed by atoms with Gasteiger partial charge in [0.05, 0.1) is 33.0 Å². The molecule has 0 amide bonds. The van der Waals surface area contributed by atoms with E-state index < -0.39 is 0 Å². The molecule has 94 valence electrons. The normalized spacial score (nSPS) is 22.6. The lowest BCUT2D eigenvalue weighted by Crippen LogP contribution is -2.19. The molecule has 3 nitrogen and oxygen atoms in total. The summed E-state index contributed by atoms with van der Waals surface area (Å²) in [4.78, 5) is 0. The van der Waals surface area contributed by atoms with E-state index in [-0.39, 0.29) is 5.60 Å². The minimum Gasteiger partial charge on any atom is -0.376 e. The van der Waals surface area contributed by atoms with Gasteiger partial charge in [-0.2, -0.15) is 0 Å². The van der Waals surface area contributed by atoms with Crippen LogP contribution in [0.3, 0.4) is 0 Å². The van der Waals surface area contributed by atoms with Gasteiger partial charge in [-0.1, -0.05) is 37.3 Å². The van der Waals surface area contributed by atoms with E-state index in [4.69, 9.17) is 14.2 Å². The van der Waals surface area contributed by atoms with Crippen molar-refractivity contribution in [3.8, 4) is 0 Å². The van der Waals surface area contributed by atoms with E-state index in [0.717, 1.165) is 13.0 Å². The van der Waals surface area contributed by atoms with Crippen molar-refractivity contribution in [3.63, 3.8) is 0 Å². The van der Waals surface area contributed by atoms with Crippen molar-refractivity contribution in [1.82, 2.24) is 0 Å². The van der Waals surface area contributed by atoms with Crippen LogP contribution >= 0.6 is 0 Å². The smallest absolute Gasteiger partial charge is 0.115 e. The highest BCUT2D eigenvalue weighted by molar-refractivity contribution is 5.13. The van der Waals surface area contributed by atoms with E-state index in [1.165, 1.54) is 5.56 Å². The number of ether oxygens (including phenoxy) is 3. The molecule has 2 rings (SSSR count). The van der Waals surface area contributed by atoms with Crippen molar-refractivity contribution in [1.29, 1.82) is 0 Å². The van der Waals surface area contributed by atoms with Crippen LogP contribution in [0.4, 0.5) is 0 Å². The summed E-state index contributed by atoms with van der Waals surface area (Å²) in [6.07, 6.45) is 1.03. The second kappa shape index (κ2) is 6.15. The zero-order valence-corrected chi connectivity index (χ0v) is 10.4. The maximum absolute atomic E-state index is 5.54. The average Bonchev–Trinajstić information content (AvgIpc) is 3.16. The van der Waals surface area contributed by atoms with Gasteiger partial charge in [-0.3, -0.25) is 0 Å². The molecule has 1 atom stereocenters. The second-order valence-electron chi connectivity index (χ2n) is 4.42. The Labute approximate surface area is 103 Å². The molecular weight excluding hydrogens is 216 g/mol. The van der Waals surface area contributed by atoms with Crippen molar-refractivity contribution >= 4 is 0 Å². The number of rotatable bonds is 8. The Bertz CT molecular complexity index is 319. The highest BCUT2D eigenvalue weighted by Gasteiger charge is 2.42. The molecule has 1 unspecified atom stereocenters. The van der Waals surface area contributed by atoms with Crippen molar-refractivity contribution in [2.24, 2.45) is 0 Å². The fourth-order valence-corrected chi connectivity index (χ4v) is 1.63. The topological polar surface area (TPSA) is 31.0 Å². The van der Waals surface area contributed by atoms with Crippen LogP contribution in [0.2, 0.25) is 0 Å². The van der Waals surface area contributed by atoms with Crippen LogP contribution in [-0.4, -0.2) is 32.0 Å². The lowest BCUT2D eigenvalue weighted by molar-refractivity contribution is 0.0193.